The molecule has 1 aromatic heterocycles. The second kappa shape index (κ2) is 7.54. The summed E-state index contributed by atoms with van der Waals surface area (Å²) in [6, 6.07) is 23.8. The fraction of sp³-hybridized carbons (Fsp3) is 0.174. The zero-order chi connectivity index (χ0) is 18.6. The Morgan fingerprint density at radius 3 is 2.52 bits per heavy atom. The second-order valence-corrected chi connectivity index (χ2v) is 6.56. The van der Waals surface area contributed by atoms with Crippen LogP contribution in [-0.2, 0) is 4.79 Å². The molecule has 1 atom stereocenters. The van der Waals surface area contributed by atoms with Gasteiger partial charge in [-0.15, -0.1) is 0 Å². The first-order valence-electron chi connectivity index (χ1n) is 9.07. The molecule has 1 heterocycles. The van der Waals surface area contributed by atoms with E-state index in [0.717, 1.165) is 33.3 Å². The molecule has 0 fully saturated rings. The Morgan fingerprint density at radius 2 is 1.70 bits per heavy atom. The Kier molecular flexibility index (Phi) is 4.79. The van der Waals surface area contributed by atoms with Gasteiger partial charge in [-0.05, 0) is 23.8 Å². The molecule has 0 bridgehead atoms. The van der Waals surface area contributed by atoms with Gasteiger partial charge in [0.25, 0.3) is 0 Å². The first-order valence-corrected chi connectivity index (χ1v) is 9.07. The standard InChI is InChI=1S/C23H21NO3/c1-16(25)24-21(17-7-3-2-4-8-17)13-14-26-18-11-12-20-19-9-5-6-10-22(19)27-23(20)15-18/h2-12,15,21H,13-14H2,1H3,(H,24,25). The topological polar surface area (TPSA) is 51.5 Å². The normalized spacial score (nSPS) is 12.2. The first kappa shape index (κ1) is 17.2. The second-order valence-electron chi connectivity index (χ2n) is 6.56. The summed E-state index contributed by atoms with van der Waals surface area (Å²) in [4.78, 5) is 11.5. The van der Waals surface area contributed by atoms with Gasteiger partial charge in [-0.3, -0.25) is 4.79 Å². The van der Waals surface area contributed by atoms with Crippen LogP contribution in [0.25, 0.3) is 21.9 Å². The largest absolute Gasteiger partial charge is 0.493 e. The third-order valence-corrected chi connectivity index (χ3v) is 4.60. The molecule has 1 N–H and O–H groups in total. The van der Waals surface area contributed by atoms with Gasteiger partial charge in [0, 0.05) is 30.2 Å². The van der Waals surface area contributed by atoms with E-state index >= 15 is 0 Å². The van der Waals surface area contributed by atoms with E-state index in [1.54, 1.807) is 0 Å². The number of amides is 1. The van der Waals surface area contributed by atoms with Crippen molar-refractivity contribution in [3.05, 3.63) is 78.4 Å². The number of carbonyl (C=O) groups is 1. The molecular formula is C23H21NO3. The molecule has 0 spiro atoms. The van der Waals surface area contributed by atoms with Crippen molar-refractivity contribution in [3.63, 3.8) is 0 Å². The molecule has 1 unspecified atom stereocenters. The molecule has 136 valence electrons. The smallest absolute Gasteiger partial charge is 0.217 e. The summed E-state index contributed by atoms with van der Waals surface area (Å²) in [6.07, 6.45) is 0.682. The zero-order valence-electron chi connectivity index (χ0n) is 15.1. The third kappa shape index (κ3) is 3.80. The monoisotopic (exact) mass is 359 g/mol. The van der Waals surface area contributed by atoms with E-state index in [9.17, 15) is 4.79 Å². The Balaban J connectivity index is 1.47. The Labute approximate surface area is 157 Å². The van der Waals surface area contributed by atoms with Gasteiger partial charge < -0.3 is 14.5 Å². The van der Waals surface area contributed by atoms with Crippen LogP contribution in [0.3, 0.4) is 0 Å². The van der Waals surface area contributed by atoms with Crippen LogP contribution >= 0.6 is 0 Å². The highest BCUT2D eigenvalue weighted by Gasteiger charge is 2.13. The SMILES string of the molecule is CC(=O)NC(CCOc1ccc2c(c1)oc1ccccc12)c1ccccc1. The van der Waals surface area contributed by atoms with Gasteiger partial charge in [-0.25, -0.2) is 0 Å². The lowest BCUT2D eigenvalue weighted by atomic mass is 10.0. The summed E-state index contributed by atoms with van der Waals surface area (Å²) in [5.74, 6) is 0.712. The van der Waals surface area contributed by atoms with Crippen LogP contribution in [-0.4, -0.2) is 12.5 Å². The summed E-state index contributed by atoms with van der Waals surface area (Å²) in [5.41, 5.74) is 2.76. The number of ether oxygens (including phenoxy) is 1. The fourth-order valence-electron chi connectivity index (χ4n) is 3.34. The van der Waals surface area contributed by atoms with E-state index in [0.29, 0.717) is 13.0 Å². The minimum Gasteiger partial charge on any atom is -0.493 e. The van der Waals surface area contributed by atoms with Gasteiger partial charge in [-0.2, -0.15) is 0 Å². The number of carbonyl (C=O) groups excluding carboxylic acids is 1. The summed E-state index contributed by atoms with van der Waals surface area (Å²) in [5, 5.41) is 5.18. The highest BCUT2D eigenvalue weighted by Crippen LogP contribution is 2.31. The molecule has 4 nitrogen and oxygen atoms in total. The van der Waals surface area contributed by atoms with Crippen molar-refractivity contribution in [1.29, 1.82) is 0 Å². The summed E-state index contributed by atoms with van der Waals surface area (Å²) in [6.45, 7) is 2.03. The molecule has 0 saturated carbocycles. The van der Waals surface area contributed by atoms with E-state index in [4.69, 9.17) is 9.15 Å². The van der Waals surface area contributed by atoms with Gasteiger partial charge >= 0.3 is 0 Å². The Hall–Kier alpha value is -3.27. The highest BCUT2D eigenvalue weighted by atomic mass is 16.5. The predicted molar refractivity (Wildman–Crippen MR) is 107 cm³/mol. The number of rotatable bonds is 6. The maximum absolute atomic E-state index is 11.5. The molecule has 4 rings (SSSR count). The van der Waals surface area contributed by atoms with Crippen molar-refractivity contribution in [2.24, 2.45) is 0 Å². The maximum Gasteiger partial charge on any atom is 0.217 e. The molecule has 4 heteroatoms. The van der Waals surface area contributed by atoms with Crippen LogP contribution in [0.2, 0.25) is 0 Å². The average Bonchev–Trinajstić information content (AvgIpc) is 3.05. The molecule has 0 aliphatic rings. The maximum atomic E-state index is 11.5. The number of furan rings is 1. The van der Waals surface area contributed by atoms with Crippen molar-refractivity contribution in [2.45, 2.75) is 19.4 Å². The number of fused-ring (bicyclic) bond motifs is 3. The van der Waals surface area contributed by atoms with E-state index in [1.165, 1.54) is 6.92 Å². The molecule has 3 aromatic carbocycles. The van der Waals surface area contributed by atoms with Gasteiger partial charge in [-0.1, -0.05) is 48.5 Å². The number of nitrogens with one attached hydrogen (secondary N) is 1. The van der Waals surface area contributed by atoms with Gasteiger partial charge in [0.1, 0.15) is 16.9 Å². The van der Waals surface area contributed by atoms with Crippen LogP contribution in [0.5, 0.6) is 5.75 Å². The van der Waals surface area contributed by atoms with E-state index in [-0.39, 0.29) is 11.9 Å². The molecule has 0 saturated heterocycles. The van der Waals surface area contributed by atoms with Crippen LogP contribution in [0.15, 0.2) is 77.2 Å². The molecule has 1 amide bonds. The quantitative estimate of drug-likeness (QED) is 0.513. The van der Waals surface area contributed by atoms with Crippen LogP contribution in [0.4, 0.5) is 0 Å². The highest BCUT2D eigenvalue weighted by molar-refractivity contribution is 6.05. The van der Waals surface area contributed by atoms with Crippen LogP contribution in [0.1, 0.15) is 24.9 Å². The number of para-hydroxylation sites is 1. The number of hydrogen-bond donors (Lipinski definition) is 1. The van der Waals surface area contributed by atoms with Gasteiger partial charge in [0.05, 0.1) is 12.6 Å². The summed E-state index contributed by atoms with van der Waals surface area (Å²) < 4.78 is 11.8. The van der Waals surface area contributed by atoms with Crippen LogP contribution < -0.4 is 10.1 Å². The molecule has 4 aromatic rings. The van der Waals surface area contributed by atoms with Crippen molar-refractivity contribution >= 4 is 27.8 Å². The van der Waals surface area contributed by atoms with E-state index in [2.05, 4.69) is 11.4 Å². The zero-order valence-corrected chi connectivity index (χ0v) is 15.1. The van der Waals surface area contributed by atoms with Gasteiger partial charge in [0.15, 0.2) is 0 Å². The molecule has 0 aliphatic carbocycles. The lowest BCUT2D eigenvalue weighted by molar-refractivity contribution is -0.119. The Bertz CT molecular complexity index is 1070. The lowest BCUT2D eigenvalue weighted by Gasteiger charge is -2.18. The fourth-order valence-corrected chi connectivity index (χ4v) is 3.34. The van der Waals surface area contributed by atoms with Gasteiger partial charge in [0.2, 0.25) is 5.91 Å². The third-order valence-electron chi connectivity index (χ3n) is 4.60. The molecular weight excluding hydrogens is 338 g/mol. The minimum atomic E-state index is -0.0707. The number of hydrogen-bond acceptors (Lipinski definition) is 3. The molecule has 0 aliphatic heterocycles. The minimum absolute atomic E-state index is 0.0486. The summed E-state index contributed by atoms with van der Waals surface area (Å²) >= 11 is 0. The van der Waals surface area contributed by atoms with Crippen LogP contribution in [0, 0.1) is 0 Å². The molecule has 0 radical (unpaired) electrons. The van der Waals surface area contributed by atoms with E-state index < -0.39 is 0 Å². The van der Waals surface area contributed by atoms with E-state index in [1.807, 2.05) is 66.7 Å². The lowest BCUT2D eigenvalue weighted by Crippen LogP contribution is -2.27. The molecule has 27 heavy (non-hydrogen) atoms. The predicted octanol–water partition coefficient (Wildman–Crippen LogP) is 5.23. The Morgan fingerprint density at radius 1 is 0.963 bits per heavy atom. The van der Waals surface area contributed by atoms with Crippen molar-refractivity contribution < 1.29 is 13.9 Å². The summed E-state index contributed by atoms with van der Waals surface area (Å²) in [7, 11) is 0. The van der Waals surface area contributed by atoms with Crippen molar-refractivity contribution in [1.82, 2.24) is 5.32 Å². The number of benzene rings is 3. The van der Waals surface area contributed by atoms with Crippen molar-refractivity contribution in [2.75, 3.05) is 6.61 Å². The average molecular weight is 359 g/mol. The van der Waals surface area contributed by atoms with Crippen molar-refractivity contribution in [3.8, 4) is 5.75 Å². The first-order chi connectivity index (χ1) is 13.2.